The number of nitrogens with one attached hydrogen (secondary N) is 2. The molecule has 0 unspecified atom stereocenters. The van der Waals surface area contributed by atoms with Crippen molar-refractivity contribution in [1.29, 1.82) is 0 Å². The van der Waals surface area contributed by atoms with Gasteiger partial charge in [0.15, 0.2) is 5.13 Å². The van der Waals surface area contributed by atoms with Crippen molar-refractivity contribution >= 4 is 55.1 Å². The lowest BCUT2D eigenvalue weighted by atomic mass is 10.2. The average Bonchev–Trinajstić information content (AvgIpc) is 3.12. The average molecular weight is 342 g/mol. The number of anilines is 1. The summed E-state index contributed by atoms with van der Waals surface area (Å²) in [6.07, 6.45) is 0. The molecule has 4 rings (SSSR count). The number of fused-ring (bicyclic) bond motifs is 2. The third-order valence-corrected chi connectivity index (χ3v) is 4.94. The van der Waals surface area contributed by atoms with Crippen LogP contribution in [0.5, 0.6) is 0 Å². The normalized spacial score (nSPS) is 11.2. The topological polar surface area (TPSA) is 57.8 Å². The molecule has 0 aliphatic rings. The van der Waals surface area contributed by atoms with E-state index in [1.165, 1.54) is 11.3 Å². The molecule has 0 aliphatic heterocycles. The maximum absolute atomic E-state index is 12.4. The van der Waals surface area contributed by atoms with Crippen LogP contribution in [-0.2, 0) is 0 Å². The van der Waals surface area contributed by atoms with Crippen molar-refractivity contribution in [2.24, 2.45) is 0 Å². The molecule has 1 amide bonds. The number of carbonyl (C=O) groups excluding carboxylic acids is 1. The molecule has 0 spiro atoms. The summed E-state index contributed by atoms with van der Waals surface area (Å²) < 4.78 is 1.06. The van der Waals surface area contributed by atoms with Crippen LogP contribution in [0.25, 0.3) is 21.1 Å². The highest BCUT2D eigenvalue weighted by atomic mass is 35.5. The van der Waals surface area contributed by atoms with E-state index in [0.29, 0.717) is 15.8 Å². The molecule has 0 radical (unpaired) electrons. The molecule has 114 valence electrons. The molecule has 6 heteroatoms. The van der Waals surface area contributed by atoms with Gasteiger partial charge >= 0.3 is 0 Å². The van der Waals surface area contributed by atoms with Crippen molar-refractivity contribution in [3.8, 4) is 0 Å². The van der Waals surface area contributed by atoms with E-state index in [-0.39, 0.29) is 5.91 Å². The van der Waals surface area contributed by atoms with Crippen LogP contribution in [0.4, 0.5) is 5.13 Å². The van der Waals surface area contributed by atoms with Gasteiger partial charge in [-0.15, -0.1) is 0 Å². The smallest absolute Gasteiger partial charge is 0.273 e. The van der Waals surface area contributed by atoms with Crippen LogP contribution in [0.3, 0.4) is 0 Å². The van der Waals surface area contributed by atoms with Gasteiger partial charge in [0, 0.05) is 5.39 Å². The molecule has 0 atom stereocenters. The molecule has 0 fully saturated rings. The van der Waals surface area contributed by atoms with Gasteiger partial charge in [0.1, 0.15) is 5.69 Å². The number of nitrogens with zero attached hydrogens (tertiary/aromatic N) is 1. The first-order valence-electron chi connectivity index (χ1n) is 7.06. The van der Waals surface area contributed by atoms with Crippen LogP contribution in [0.15, 0.2) is 42.5 Å². The number of aromatic amines is 1. The fraction of sp³-hybridized carbons (Fsp3) is 0.0588. The second-order valence-electron chi connectivity index (χ2n) is 5.28. The SMILES string of the molecule is Cc1cccc2sc(NC(=O)c3cc4cccc(Cl)c4[nH]3)nc12. The van der Waals surface area contributed by atoms with Crippen LogP contribution in [0.1, 0.15) is 16.1 Å². The van der Waals surface area contributed by atoms with Crippen LogP contribution < -0.4 is 5.32 Å². The van der Waals surface area contributed by atoms with Gasteiger partial charge in [0.25, 0.3) is 5.91 Å². The van der Waals surface area contributed by atoms with Crippen molar-refractivity contribution < 1.29 is 4.79 Å². The van der Waals surface area contributed by atoms with Gasteiger partial charge in [-0.1, -0.05) is 47.2 Å². The van der Waals surface area contributed by atoms with Gasteiger partial charge in [-0.05, 0) is 30.7 Å². The summed E-state index contributed by atoms with van der Waals surface area (Å²) in [6.45, 7) is 2.01. The molecule has 4 aromatic rings. The first-order chi connectivity index (χ1) is 11.1. The van der Waals surface area contributed by atoms with E-state index in [2.05, 4.69) is 15.3 Å². The molecule has 2 N–H and O–H groups in total. The molecule has 0 saturated heterocycles. The predicted molar refractivity (Wildman–Crippen MR) is 95.6 cm³/mol. The zero-order chi connectivity index (χ0) is 16.0. The van der Waals surface area contributed by atoms with Gasteiger partial charge in [0.2, 0.25) is 0 Å². The van der Waals surface area contributed by atoms with E-state index < -0.39 is 0 Å². The van der Waals surface area contributed by atoms with Crippen molar-refractivity contribution in [3.63, 3.8) is 0 Å². The molecule has 23 heavy (non-hydrogen) atoms. The molecular weight excluding hydrogens is 330 g/mol. The Kier molecular flexibility index (Phi) is 3.32. The third kappa shape index (κ3) is 2.48. The monoisotopic (exact) mass is 341 g/mol. The minimum Gasteiger partial charge on any atom is -0.349 e. The number of amides is 1. The largest absolute Gasteiger partial charge is 0.349 e. The maximum atomic E-state index is 12.4. The van der Waals surface area contributed by atoms with Crippen molar-refractivity contribution in [1.82, 2.24) is 9.97 Å². The van der Waals surface area contributed by atoms with Gasteiger partial charge in [-0.3, -0.25) is 10.1 Å². The van der Waals surface area contributed by atoms with Crippen LogP contribution >= 0.6 is 22.9 Å². The first-order valence-corrected chi connectivity index (χ1v) is 8.26. The van der Waals surface area contributed by atoms with Crippen LogP contribution in [0, 0.1) is 6.92 Å². The number of aromatic nitrogens is 2. The molecular formula is C17H12ClN3OS. The standard InChI is InChI=1S/C17H12ClN3OS/c1-9-4-2-7-13-14(9)20-17(23-13)21-16(22)12-8-10-5-3-6-11(18)15(10)19-12/h2-8,19H,1H3,(H,20,21,22). The number of rotatable bonds is 2. The summed E-state index contributed by atoms with van der Waals surface area (Å²) in [5.41, 5.74) is 3.24. The first kappa shape index (κ1) is 14.2. The highest BCUT2D eigenvalue weighted by Crippen LogP contribution is 2.29. The van der Waals surface area contributed by atoms with Crippen molar-refractivity contribution in [3.05, 3.63) is 58.7 Å². The zero-order valence-corrected chi connectivity index (χ0v) is 13.8. The Hall–Kier alpha value is -2.37. The van der Waals surface area contributed by atoms with E-state index in [1.54, 1.807) is 12.1 Å². The van der Waals surface area contributed by atoms with Gasteiger partial charge in [0.05, 0.1) is 20.8 Å². The Morgan fingerprint density at radius 1 is 1.26 bits per heavy atom. The fourth-order valence-electron chi connectivity index (χ4n) is 2.55. The fourth-order valence-corrected chi connectivity index (χ4v) is 3.71. The van der Waals surface area contributed by atoms with Crippen molar-refractivity contribution in [2.45, 2.75) is 6.92 Å². The minimum absolute atomic E-state index is 0.228. The Morgan fingerprint density at radius 2 is 2.09 bits per heavy atom. The summed E-state index contributed by atoms with van der Waals surface area (Å²) in [7, 11) is 0. The molecule has 0 aliphatic carbocycles. The Bertz CT molecular complexity index is 1050. The van der Waals surface area contributed by atoms with Gasteiger partial charge in [-0.25, -0.2) is 4.98 Å². The third-order valence-electron chi connectivity index (χ3n) is 3.69. The molecule has 0 saturated carbocycles. The van der Waals surface area contributed by atoms with Crippen LogP contribution in [-0.4, -0.2) is 15.9 Å². The molecule has 0 bridgehead atoms. The van der Waals surface area contributed by atoms with E-state index in [0.717, 1.165) is 26.7 Å². The molecule has 2 aromatic heterocycles. The predicted octanol–water partition coefficient (Wildman–Crippen LogP) is 4.99. The van der Waals surface area contributed by atoms with Crippen LogP contribution in [0.2, 0.25) is 5.02 Å². The number of H-pyrrole nitrogens is 1. The second kappa shape index (κ2) is 5.37. The number of thiazole rings is 1. The Morgan fingerprint density at radius 3 is 2.87 bits per heavy atom. The second-order valence-corrected chi connectivity index (χ2v) is 6.72. The lowest BCUT2D eigenvalue weighted by Crippen LogP contribution is -2.11. The molecule has 2 heterocycles. The molecule has 2 aromatic carbocycles. The highest BCUT2D eigenvalue weighted by Gasteiger charge is 2.14. The highest BCUT2D eigenvalue weighted by molar-refractivity contribution is 7.22. The van der Waals surface area contributed by atoms with E-state index >= 15 is 0 Å². The summed E-state index contributed by atoms with van der Waals surface area (Å²) >= 11 is 7.59. The number of hydrogen-bond acceptors (Lipinski definition) is 3. The summed E-state index contributed by atoms with van der Waals surface area (Å²) in [5, 5.41) is 4.94. The number of benzene rings is 2. The maximum Gasteiger partial charge on any atom is 0.273 e. The number of carbonyl (C=O) groups is 1. The number of halogens is 1. The van der Waals surface area contributed by atoms with Crippen molar-refractivity contribution in [2.75, 3.05) is 5.32 Å². The molecule has 4 nitrogen and oxygen atoms in total. The van der Waals surface area contributed by atoms with E-state index in [4.69, 9.17) is 11.6 Å². The number of aryl methyl sites for hydroxylation is 1. The zero-order valence-electron chi connectivity index (χ0n) is 12.2. The van der Waals surface area contributed by atoms with E-state index in [9.17, 15) is 4.79 Å². The number of para-hydroxylation sites is 2. The summed E-state index contributed by atoms with van der Waals surface area (Å²) in [4.78, 5) is 20.0. The summed E-state index contributed by atoms with van der Waals surface area (Å²) in [6, 6.07) is 13.3. The van der Waals surface area contributed by atoms with Gasteiger partial charge in [-0.2, -0.15) is 0 Å². The summed E-state index contributed by atoms with van der Waals surface area (Å²) in [5.74, 6) is -0.228. The Balaban J connectivity index is 1.67. The number of hydrogen-bond donors (Lipinski definition) is 2. The quantitative estimate of drug-likeness (QED) is 0.539. The van der Waals surface area contributed by atoms with Gasteiger partial charge < -0.3 is 4.98 Å². The lowest BCUT2D eigenvalue weighted by Gasteiger charge is -1.98. The Labute approximate surface area is 141 Å². The van der Waals surface area contributed by atoms with E-state index in [1.807, 2.05) is 37.3 Å². The minimum atomic E-state index is -0.228. The lowest BCUT2D eigenvalue weighted by molar-refractivity contribution is 0.102.